The average molecular weight is 241 g/mol. The first-order valence-electron chi connectivity index (χ1n) is 4.45. The molecule has 0 atom stereocenters. The molecule has 0 aromatic heterocycles. The largest absolute Gasteiger partial charge is 0.312 e. The lowest BCUT2D eigenvalue weighted by molar-refractivity contribution is -0.117. The van der Waals surface area contributed by atoms with Gasteiger partial charge in [0, 0.05) is 9.92 Å². The number of rotatable bonds is 3. The Bertz CT molecular complexity index is 402. The van der Waals surface area contributed by atoms with Gasteiger partial charge < -0.3 is 5.32 Å². The van der Waals surface area contributed by atoms with Crippen LogP contribution in [0.3, 0.4) is 0 Å². The average Bonchev–Trinajstić information content (AvgIpc) is 2.64. The summed E-state index contributed by atoms with van der Waals surface area (Å²) in [5.74, 6) is 1.41. The molecule has 0 aliphatic carbocycles. The first-order valence-corrected chi connectivity index (χ1v) is 5.82. The van der Waals surface area contributed by atoms with E-state index in [-0.39, 0.29) is 12.5 Å². The van der Waals surface area contributed by atoms with E-state index in [0.29, 0.717) is 5.75 Å². The summed E-state index contributed by atoms with van der Waals surface area (Å²) in [5, 5.41) is 3.43. The van der Waals surface area contributed by atoms with Crippen LogP contribution in [0.1, 0.15) is 0 Å². The van der Waals surface area contributed by atoms with Crippen LogP contribution in [0, 0.1) is 0 Å². The molecule has 1 heterocycles. The molecule has 0 spiro atoms. The summed E-state index contributed by atoms with van der Waals surface area (Å²) in [6.07, 6.45) is 0. The number of hydrogen-bond donors (Lipinski definition) is 1. The van der Waals surface area contributed by atoms with Gasteiger partial charge in [-0.1, -0.05) is 11.6 Å². The molecule has 1 N–H and O–H groups in total. The van der Waals surface area contributed by atoms with Crippen molar-refractivity contribution in [2.75, 3.05) is 12.3 Å². The molecule has 2 rings (SSSR count). The number of amidine groups is 1. The van der Waals surface area contributed by atoms with Gasteiger partial charge in [0.15, 0.2) is 0 Å². The van der Waals surface area contributed by atoms with E-state index in [1.165, 1.54) is 0 Å². The number of amides is 1. The van der Waals surface area contributed by atoms with Crippen LogP contribution in [-0.2, 0) is 4.79 Å². The fourth-order valence-corrected chi connectivity index (χ4v) is 2.09. The van der Waals surface area contributed by atoms with Gasteiger partial charge in [0.05, 0.1) is 5.75 Å². The fourth-order valence-electron chi connectivity index (χ4n) is 1.17. The van der Waals surface area contributed by atoms with Crippen LogP contribution in [0.25, 0.3) is 0 Å². The smallest absolute Gasteiger partial charge is 0.247 e. The van der Waals surface area contributed by atoms with Crippen molar-refractivity contribution >= 4 is 35.1 Å². The van der Waals surface area contributed by atoms with Crippen molar-refractivity contribution in [3.8, 4) is 0 Å². The number of nitrogens with zero attached hydrogens (tertiary/aromatic N) is 1. The minimum absolute atomic E-state index is 0.0262. The Balaban J connectivity index is 1.88. The molecule has 0 unspecified atom stereocenters. The first-order chi connectivity index (χ1) is 7.24. The lowest BCUT2D eigenvalue weighted by Crippen LogP contribution is -2.25. The summed E-state index contributed by atoms with van der Waals surface area (Å²) in [6, 6.07) is 7.59. The number of carbonyl (C=O) groups is 1. The van der Waals surface area contributed by atoms with Crippen molar-refractivity contribution in [3.63, 3.8) is 0 Å². The molecule has 0 saturated carbocycles. The molecule has 0 bridgehead atoms. The third kappa shape index (κ3) is 2.97. The summed E-state index contributed by atoms with van der Waals surface area (Å²) in [5.41, 5.74) is 0. The van der Waals surface area contributed by atoms with E-state index in [1.807, 2.05) is 24.3 Å². The van der Waals surface area contributed by atoms with Gasteiger partial charge in [-0.3, -0.25) is 9.79 Å². The highest BCUT2D eigenvalue weighted by Gasteiger charge is 2.12. The second-order valence-corrected chi connectivity index (χ2v) is 4.54. The van der Waals surface area contributed by atoms with Gasteiger partial charge >= 0.3 is 0 Å². The molecule has 0 fully saturated rings. The zero-order valence-corrected chi connectivity index (χ0v) is 9.44. The maximum absolute atomic E-state index is 10.9. The van der Waals surface area contributed by atoms with Gasteiger partial charge in [-0.25, -0.2) is 0 Å². The van der Waals surface area contributed by atoms with Crippen LogP contribution >= 0.6 is 23.4 Å². The normalized spacial score (nSPS) is 15.0. The van der Waals surface area contributed by atoms with Gasteiger partial charge in [-0.15, -0.1) is 11.8 Å². The van der Waals surface area contributed by atoms with Crippen LogP contribution < -0.4 is 5.32 Å². The van der Waals surface area contributed by atoms with E-state index in [2.05, 4.69) is 10.3 Å². The van der Waals surface area contributed by atoms with Crippen LogP contribution in [0.15, 0.2) is 34.2 Å². The van der Waals surface area contributed by atoms with Crippen molar-refractivity contribution in [1.29, 1.82) is 0 Å². The first kappa shape index (κ1) is 10.5. The maximum atomic E-state index is 10.9. The SMILES string of the molecule is O=C1CN=C(CSc2ccc(Cl)cc2)N1. The lowest BCUT2D eigenvalue weighted by Gasteiger charge is -2.01. The molecule has 1 amide bonds. The van der Waals surface area contributed by atoms with Crippen molar-refractivity contribution < 1.29 is 4.79 Å². The third-order valence-electron chi connectivity index (χ3n) is 1.89. The lowest BCUT2D eigenvalue weighted by atomic mass is 10.4. The maximum Gasteiger partial charge on any atom is 0.247 e. The number of nitrogens with one attached hydrogen (secondary N) is 1. The van der Waals surface area contributed by atoms with E-state index in [9.17, 15) is 4.79 Å². The zero-order valence-electron chi connectivity index (χ0n) is 7.87. The van der Waals surface area contributed by atoms with E-state index >= 15 is 0 Å². The highest BCUT2D eigenvalue weighted by Crippen LogP contribution is 2.20. The molecule has 1 aliphatic heterocycles. The molecule has 1 aliphatic rings. The topological polar surface area (TPSA) is 41.5 Å². The summed E-state index contributed by atoms with van der Waals surface area (Å²) < 4.78 is 0. The van der Waals surface area contributed by atoms with Gasteiger partial charge in [0.25, 0.3) is 0 Å². The number of halogens is 1. The zero-order chi connectivity index (χ0) is 10.7. The Labute approximate surface area is 96.9 Å². The molecule has 1 aromatic rings. The molecule has 0 saturated heterocycles. The van der Waals surface area contributed by atoms with Crippen molar-refractivity contribution in [1.82, 2.24) is 5.32 Å². The van der Waals surface area contributed by atoms with Crippen molar-refractivity contribution in [3.05, 3.63) is 29.3 Å². The number of benzene rings is 1. The Hall–Kier alpha value is -1.00. The third-order valence-corrected chi connectivity index (χ3v) is 3.16. The summed E-state index contributed by atoms with van der Waals surface area (Å²) in [4.78, 5) is 16.0. The van der Waals surface area contributed by atoms with E-state index in [0.717, 1.165) is 15.8 Å². The molecule has 15 heavy (non-hydrogen) atoms. The summed E-state index contributed by atoms with van der Waals surface area (Å²) in [6.45, 7) is 0.260. The monoisotopic (exact) mass is 240 g/mol. The van der Waals surface area contributed by atoms with Crippen molar-refractivity contribution in [2.45, 2.75) is 4.90 Å². The molecule has 3 nitrogen and oxygen atoms in total. The Morgan fingerprint density at radius 1 is 1.40 bits per heavy atom. The number of carbonyl (C=O) groups excluding carboxylic acids is 1. The van der Waals surface area contributed by atoms with Gasteiger partial charge in [0.2, 0.25) is 5.91 Å². The minimum atomic E-state index is -0.0262. The van der Waals surface area contributed by atoms with E-state index in [1.54, 1.807) is 11.8 Å². The minimum Gasteiger partial charge on any atom is -0.312 e. The number of thioether (sulfide) groups is 1. The predicted octanol–water partition coefficient (Wildman–Crippen LogP) is 1.96. The molecule has 0 radical (unpaired) electrons. The number of hydrogen-bond acceptors (Lipinski definition) is 3. The summed E-state index contributed by atoms with van der Waals surface area (Å²) in [7, 11) is 0. The van der Waals surface area contributed by atoms with Gasteiger partial charge in [-0.2, -0.15) is 0 Å². The molecular formula is C10H9ClN2OS. The van der Waals surface area contributed by atoms with Crippen molar-refractivity contribution in [2.24, 2.45) is 4.99 Å². The second kappa shape index (κ2) is 4.68. The Morgan fingerprint density at radius 3 is 2.73 bits per heavy atom. The van der Waals surface area contributed by atoms with Gasteiger partial charge in [0.1, 0.15) is 12.4 Å². The molecule has 1 aromatic carbocycles. The van der Waals surface area contributed by atoms with E-state index in [4.69, 9.17) is 11.6 Å². The fraction of sp³-hybridized carbons (Fsp3) is 0.200. The Kier molecular flexibility index (Phi) is 3.28. The van der Waals surface area contributed by atoms with Crippen LogP contribution in [-0.4, -0.2) is 24.0 Å². The molecular weight excluding hydrogens is 232 g/mol. The van der Waals surface area contributed by atoms with Gasteiger partial charge in [-0.05, 0) is 24.3 Å². The quantitative estimate of drug-likeness (QED) is 0.821. The highest BCUT2D eigenvalue weighted by atomic mass is 35.5. The van der Waals surface area contributed by atoms with Crippen LogP contribution in [0.4, 0.5) is 0 Å². The molecule has 78 valence electrons. The standard InChI is InChI=1S/C10H9ClN2OS/c11-7-1-3-8(4-2-7)15-6-9-12-5-10(14)13-9/h1-4H,5-6H2,(H,12,13,14). The van der Waals surface area contributed by atoms with Crippen LogP contribution in [0.5, 0.6) is 0 Å². The number of aliphatic imine (C=N–C) groups is 1. The highest BCUT2D eigenvalue weighted by molar-refractivity contribution is 8.00. The Morgan fingerprint density at radius 2 is 2.13 bits per heavy atom. The summed E-state index contributed by atoms with van der Waals surface area (Å²) >= 11 is 7.39. The molecule has 5 heteroatoms. The van der Waals surface area contributed by atoms with E-state index < -0.39 is 0 Å². The predicted molar refractivity (Wildman–Crippen MR) is 62.6 cm³/mol. The van der Waals surface area contributed by atoms with Crippen LogP contribution in [0.2, 0.25) is 5.02 Å². The second-order valence-electron chi connectivity index (χ2n) is 3.05.